The van der Waals surface area contributed by atoms with Crippen molar-refractivity contribution < 1.29 is 33.4 Å². The normalized spacial score (nSPS) is 21.9. The van der Waals surface area contributed by atoms with Gasteiger partial charge in [-0.15, -0.1) is 0 Å². The zero-order chi connectivity index (χ0) is 50.7. The van der Waals surface area contributed by atoms with Crippen LogP contribution in [0, 0.1) is 17.3 Å². The van der Waals surface area contributed by atoms with Crippen molar-refractivity contribution in [3.8, 4) is 22.4 Å². The third kappa shape index (κ3) is 11.0. The molecule has 15 heteroatoms. The lowest BCUT2D eigenvalue weighted by molar-refractivity contribution is -0.155. The van der Waals surface area contributed by atoms with Crippen LogP contribution in [-0.2, 0) is 52.8 Å². The van der Waals surface area contributed by atoms with Crippen molar-refractivity contribution in [3.05, 3.63) is 89.8 Å². The molecule has 4 amide bonds. The number of ether oxygens (including phenoxy) is 2. The fourth-order valence-corrected chi connectivity index (χ4v) is 11.3. The summed E-state index contributed by atoms with van der Waals surface area (Å²) in [5.41, 5.74) is 11.9. The Morgan fingerprint density at radius 3 is 2.51 bits per heavy atom. The largest absolute Gasteiger partial charge is 0.464 e. The van der Waals surface area contributed by atoms with Gasteiger partial charge in [0.05, 0.1) is 30.0 Å². The predicted molar refractivity (Wildman–Crippen MR) is 275 cm³/mol. The van der Waals surface area contributed by atoms with E-state index in [4.69, 9.17) is 14.5 Å². The number of carbonyl (C=O) groups is 5. The van der Waals surface area contributed by atoms with E-state index in [-0.39, 0.29) is 43.4 Å². The molecule has 0 spiro atoms. The molecule has 0 saturated carbocycles. The predicted octanol–water partition coefficient (Wildman–Crippen LogP) is 6.73. The number of amides is 4. The van der Waals surface area contributed by atoms with E-state index in [1.165, 1.54) is 21.5 Å². The third-order valence-corrected chi connectivity index (χ3v) is 15.2. The molecule has 3 fully saturated rings. The number of benzene rings is 2. The van der Waals surface area contributed by atoms with E-state index < -0.39 is 47.2 Å². The molecule has 4 aliphatic rings. The number of esters is 1. The topological polar surface area (TPSA) is 167 Å². The Morgan fingerprint density at radius 1 is 1.03 bits per heavy atom. The maximum atomic E-state index is 14.8. The number of fused-ring (bicyclic) bond motifs is 6. The highest BCUT2D eigenvalue weighted by molar-refractivity contribution is 5.96. The van der Waals surface area contributed by atoms with Gasteiger partial charge in [-0.05, 0) is 129 Å². The Kier molecular flexibility index (Phi) is 15.8. The summed E-state index contributed by atoms with van der Waals surface area (Å²) in [7, 11) is 3.34. The van der Waals surface area contributed by atoms with E-state index in [1.807, 2.05) is 39.1 Å². The number of likely N-dealkylation sites (tertiary alicyclic amines) is 1. The van der Waals surface area contributed by atoms with Crippen molar-refractivity contribution >= 4 is 40.5 Å². The number of pyridine rings is 1. The second-order valence-corrected chi connectivity index (χ2v) is 21.2. The van der Waals surface area contributed by atoms with Crippen LogP contribution in [0.1, 0.15) is 108 Å². The van der Waals surface area contributed by atoms with E-state index >= 15 is 0 Å². The van der Waals surface area contributed by atoms with Crippen LogP contribution >= 0.6 is 0 Å². The number of nitrogens with one attached hydrogen (secondary N) is 3. The number of nitrogens with zero attached hydrogens (tertiary/aromatic N) is 5. The Labute approximate surface area is 419 Å². The second-order valence-electron chi connectivity index (χ2n) is 21.2. The first-order valence-corrected chi connectivity index (χ1v) is 25.7. The monoisotopic (exact) mass is 971 g/mol. The highest BCUT2D eigenvalue weighted by atomic mass is 16.5. The van der Waals surface area contributed by atoms with Gasteiger partial charge >= 0.3 is 5.97 Å². The highest BCUT2D eigenvalue weighted by Gasteiger charge is 2.40. The molecule has 3 N–H and O–H groups in total. The SMILES string of the molecule is C=CC(=O)N1CCC(C(=O)N(C)[C@H](C(=O)N[C@H]2Cc3cccc(c3)-c3ccc4c(c3)c(c(-c3cc(C5CCNCC5)cnc3[C@H](C)OC)n4CC)CC(C)(C)COC(=O)[C@@H]3CCCN(N3)C2=O)C(C)C)C1. The van der Waals surface area contributed by atoms with Crippen molar-refractivity contribution in [1.82, 2.24) is 40.4 Å². The first-order chi connectivity index (χ1) is 34.0. The van der Waals surface area contributed by atoms with Crippen LogP contribution in [0.2, 0.25) is 0 Å². The number of carbonyl (C=O) groups excluding carboxylic acids is 5. The zero-order valence-electron chi connectivity index (χ0n) is 43.0. The molecule has 0 radical (unpaired) electrons. The molecule has 3 saturated heterocycles. The average molecular weight is 971 g/mol. The Hall–Kier alpha value is -5.90. The molecular formula is C56H74N8O7. The van der Waals surface area contributed by atoms with Crippen molar-refractivity contribution in [2.45, 2.75) is 123 Å². The molecule has 4 aromatic rings. The minimum Gasteiger partial charge on any atom is -0.464 e. The van der Waals surface area contributed by atoms with E-state index in [9.17, 15) is 24.0 Å². The summed E-state index contributed by atoms with van der Waals surface area (Å²) < 4.78 is 14.6. The van der Waals surface area contributed by atoms with Crippen LogP contribution in [0.4, 0.5) is 0 Å². The first-order valence-electron chi connectivity index (χ1n) is 25.7. The summed E-state index contributed by atoms with van der Waals surface area (Å²) in [6, 6.07) is 14.3. The number of methoxy groups -OCH3 is 1. The van der Waals surface area contributed by atoms with Crippen molar-refractivity contribution in [2.24, 2.45) is 17.3 Å². The molecular weight excluding hydrogens is 897 g/mol. The quantitative estimate of drug-likeness (QED) is 0.108. The Balaban J connectivity index is 1.20. The molecule has 5 atom stereocenters. The summed E-state index contributed by atoms with van der Waals surface area (Å²) in [5, 5.41) is 9.13. The van der Waals surface area contributed by atoms with E-state index in [0.29, 0.717) is 51.2 Å². The van der Waals surface area contributed by atoms with Gasteiger partial charge < -0.3 is 34.5 Å². The average Bonchev–Trinajstić information content (AvgIpc) is 3.99. The van der Waals surface area contributed by atoms with Crippen LogP contribution in [0.25, 0.3) is 33.3 Å². The Bertz CT molecular complexity index is 2650. The summed E-state index contributed by atoms with van der Waals surface area (Å²) in [6.45, 7) is 19.6. The van der Waals surface area contributed by atoms with E-state index in [0.717, 1.165) is 76.0 Å². The third-order valence-electron chi connectivity index (χ3n) is 15.2. The minimum atomic E-state index is -1.05. The second kappa shape index (κ2) is 21.8. The summed E-state index contributed by atoms with van der Waals surface area (Å²) in [4.78, 5) is 78.0. The van der Waals surface area contributed by atoms with Gasteiger partial charge in [-0.25, -0.2) is 5.43 Å². The van der Waals surface area contributed by atoms with Gasteiger partial charge in [0.25, 0.3) is 5.91 Å². The van der Waals surface area contributed by atoms with Crippen LogP contribution in [0.5, 0.6) is 0 Å². The molecule has 2 aromatic heterocycles. The number of aryl methyl sites for hydroxylation is 1. The summed E-state index contributed by atoms with van der Waals surface area (Å²) in [5.74, 6) is -2.16. The number of rotatable bonds is 11. The van der Waals surface area contributed by atoms with Crippen LogP contribution in [-0.4, -0.2) is 126 Å². The fourth-order valence-electron chi connectivity index (χ4n) is 11.3. The molecule has 6 heterocycles. The number of aromatic nitrogens is 2. The van der Waals surface area contributed by atoms with Crippen LogP contribution in [0.15, 0.2) is 67.4 Å². The molecule has 8 rings (SSSR count). The fraction of sp³-hybridized carbons (Fsp3) is 0.536. The number of hydrazine groups is 1. The molecule has 2 aromatic carbocycles. The maximum Gasteiger partial charge on any atom is 0.324 e. The van der Waals surface area contributed by atoms with Gasteiger partial charge in [-0.1, -0.05) is 64.6 Å². The van der Waals surface area contributed by atoms with Gasteiger partial charge in [-0.3, -0.25) is 34.0 Å². The standard InChI is InChI=1S/C56H74N8O7/c1-10-48(65)62-25-21-40(32-62)53(67)61(8)50(34(3)4)52(66)59-46-27-36-14-12-15-38(26-36)39-17-18-47-42(28-39)44(30-56(6,7)33-71-55(69)45-16-13-24-64(60-45)54(46)68)51(63(47)11-2)43-29-41(37-19-22-57-23-20-37)31-58-49(43)35(5)70-9/h10,12,14-15,17-18,26,28-29,31,34-35,37,40,45-46,50,57,60H,1,11,13,16,19-25,27,30,32-33H2,2-9H3,(H,59,66)/t35-,40?,45-,46-,50-/m0/s1. The van der Waals surface area contributed by atoms with Crippen molar-refractivity contribution in [1.29, 1.82) is 0 Å². The number of piperidine rings is 1. The molecule has 6 bridgehead atoms. The van der Waals surface area contributed by atoms with Crippen LogP contribution < -0.4 is 16.1 Å². The molecule has 15 nitrogen and oxygen atoms in total. The van der Waals surface area contributed by atoms with Crippen molar-refractivity contribution in [2.75, 3.05) is 53.5 Å². The van der Waals surface area contributed by atoms with Crippen LogP contribution in [0.3, 0.4) is 0 Å². The molecule has 4 aliphatic heterocycles. The van der Waals surface area contributed by atoms with Crippen molar-refractivity contribution in [3.63, 3.8) is 0 Å². The summed E-state index contributed by atoms with van der Waals surface area (Å²) in [6.07, 6.45) is 7.34. The highest BCUT2D eigenvalue weighted by Crippen LogP contribution is 2.43. The van der Waals surface area contributed by atoms with E-state index in [2.05, 4.69) is 84.4 Å². The number of hydrogen-bond acceptors (Lipinski definition) is 10. The lowest BCUT2D eigenvalue weighted by Gasteiger charge is -2.37. The maximum absolute atomic E-state index is 14.8. The summed E-state index contributed by atoms with van der Waals surface area (Å²) >= 11 is 0. The number of cyclic esters (lactones) is 1. The van der Waals surface area contributed by atoms with Gasteiger partial charge in [0.15, 0.2) is 0 Å². The Morgan fingerprint density at radius 2 is 1.79 bits per heavy atom. The first kappa shape index (κ1) is 51.5. The molecule has 1 unspecified atom stereocenters. The number of hydrogen-bond donors (Lipinski definition) is 3. The molecule has 0 aliphatic carbocycles. The molecule has 71 heavy (non-hydrogen) atoms. The lowest BCUT2D eigenvalue weighted by atomic mass is 9.83. The van der Waals surface area contributed by atoms with Gasteiger partial charge in [0.1, 0.15) is 18.1 Å². The lowest BCUT2D eigenvalue weighted by Crippen LogP contribution is -2.62. The van der Waals surface area contributed by atoms with Gasteiger partial charge in [0, 0.05) is 74.8 Å². The van der Waals surface area contributed by atoms with Gasteiger partial charge in [0.2, 0.25) is 17.7 Å². The van der Waals surface area contributed by atoms with E-state index in [1.54, 1.807) is 19.1 Å². The smallest absolute Gasteiger partial charge is 0.324 e. The molecule has 380 valence electrons. The number of likely N-dealkylation sites (N-methyl/N-ethyl adjacent to an activating group) is 1. The minimum absolute atomic E-state index is 0.136. The zero-order valence-corrected chi connectivity index (χ0v) is 43.0. The van der Waals surface area contributed by atoms with Gasteiger partial charge in [-0.2, -0.15) is 0 Å².